The Morgan fingerprint density at radius 2 is 1.46 bits per heavy atom. The molecule has 0 aliphatic carbocycles. The van der Waals surface area contributed by atoms with Gasteiger partial charge in [0.05, 0.1) is 0 Å². The van der Waals surface area contributed by atoms with Crippen LogP contribution in [0.3, 0.4) is 0 Å². The molecule has 0 aliphatic heterocycles. The molecule has 0 aliphatic rings. The molecule has 2 aromatic heterocycles. The number of rotatable bonds is 0. The van der Waals surface area contributed by atoms with Gasteiger partial charge in [-0.1, -0.05) is 7.43 Å². The van der Waals surface area contributed by atoms with Crippen LogP contribution in [0.2, 0.25) is 0 Å². The highest BCUT2D eigenvalue weighted by molar-refractivity contribution is 5.78. The fourth-order valence-corrected chi connectivity index (χ4v) is 0.878. The molecule has 5 nitrogen and oxygen atoms in total. The summed E-state index contributed by atoms with van der Waals surface area (Å²) in [4.78, 5) is 18.9. The smallest absolute Gasteiger partial charge is 0.257 e. The maximum absolute atomic E-state index is 11.4. The van der Waals surface area contributed by atoms with Crippen molar-refractivity contribution < 1.29 is 4.79 Å². The average Bonchev–Trinajstić information content (AvgIpc) is 2.77. The lowest BCUT2D eigenvalue weighted by Crippen LogP contribution is -2.15. The zero-order chi connectivity index (χ0) is 8.39. The van der Waals surface area contributed by atoms with Gasteiger partial charge in [-0.2, -0.15) is 0 Å². The molecule has 0 amide bonds. The number of hydrogen-bond acceptors (Lipinski definition) is 3. The third-order valence-corrected chi connectivity index (χ3v) is 1.45. The first kappa shape index (κ1) is 9.18. The minimum atomic E-state index is -0.190. The van der Waals surface area contributed by atoms with Crippen LogP contribution in [0.15, 0.2) is 37.4 Å². The zero-order valence-corrected chi connectivity index (χ0v) is 6.16. The first-order chi connectivity index (χ1) is 5.88. The minimum absolute atomic E-state index is 0. The molecule has 0 bridgehead atoms. The molecule has 5 heteroatoms. The maximum Gasteiger partial charge on any atom is 0.338 e. The van der Waals surface area contributed by atoms with Crippen molar-refractivity contribution in [2.75, 3.05) is 0 Å². The minimum Gasteiger partial charge on any atom is -0.257 e. The largest absolute Gasteiger partial charge is 0.338 e. The van der Waals surface area contributed by atoms with Gasteiger partial charge in [-0.3, -0.25) is 9.13 Å². The Morgan fingerprint density at radius 3 is 1.77 bits per heavy atom. The number of nitrogens with zero attached hydrogens (tertiary/aromatic N) is 4. The summed E-state index contributed by atoms with van der Waals surface area (Å²) in [5.74, 6) is 0. The standard InChI is InChI=1S/C7H6N4O.CH4/c12-7(10-3-1-8-5-10)11-4-2-9-6-11;/h1-6H;1H4. The summed E-state index contributed by atoms with van der Waals surface area (Å²) >= 11 is 0. The third kappa shape index (κ3) is 1.64. The molecule has 0 aromatic carbocycles. The van der Waals surface area contributed by atoms with Crippen LogP contribution in [0.4, 0.5) is 4.79 Å². The van der Waals surface area contributed by atoms with Gasteiger partial charge in [0.25, 0.3) is 0 Å². The lowest BCUT2D eigenvalue weighted by atomic mass is 10.8. The summed E-state index contributed by atoms with van der Waals surface area (Å²) < 4.78 is 2.75. The molecule has 0 N–H and O–H groups in total. The predicted octanol–water partition coefficient (Wildman–Crippen LogP) is 1.23. The molecule has 0 atom stereocenters. The van der Waals surface area contributed by atoms with E-state index in [1.807, 2.05) is 0 Å². The van der Waals surface area contributed by atoms with Gasteiger partial charge in [0.15, 0.2) is 0 Å². The third-order valence-electron chi connectivity index (χ3n) is 1.45. The Labute approximate surface area is 75.7 Å². The summed E-state index contributed by atoms with van der Waals surface area (Å²) in [6.45, 7) is 0. The number of hydrogen-bond donors (Lipinski definition) is 0. The molecule has 0 fully saturated rings. The van der Waals surface area contributed by atoms with E-state index in [0.29, 0.717) is 0 Å². The lowest BCUT2D eigenvalue weighted by molar-refractivity contribution is 0.244. The van der Waals surface area contributed by atoms with Crippen LogP contribution in [0.25, 0.3) is 0 Å². The second-order valence-electron chi connectivity index (χ2n) is 2.22. The fourth-order valence-electron chi connectivity index (χ4n) is 0.878. The molecule has 2 aromatic rings. The molecule has 0 saturated heterocycles. The van der Waals surface area contributed by atoms with E-state index in [4.69, 9.17) is 0 Å². The molecule has 0 radical (unpaired) electrons. The highest BCUT2D eigenvalue weighted by Crippen LogP contribution is 1.91. The van der Waals surface area contributed by atoms with Crippen LogP contribution in [0, 0.1) is 0 Å². The van der Waals surface area contributed by atoms with E-state index >= 15 is 0 Å². The van der Waals surface area contributed by atoms with E-state index in [1.54, 1.807) is 24.8 Å². The highest BCUT2D eigenvalue weighted by Gasteiger charge is 2.03. The van der Waals surface area contributed by atoms with Crippen molar-refractivity contribution in [3.05, 3.63) is 37.4 Å². The lowest BCUT2D eigenvalue weighted by Gasteiger charge is -1.98. The Kier molecular flexibility index (Phi) is 2.59. The molecule has 0 saturated carbocycles. The second kappa shape index (κ2) is 3.66. The molecule has 0 spiro atoms. The van der Waals surface area contributed by atoms with Crippen molar-refractivity contribution in [1.29, 1.82) is 0 Å². The van der Waals surface area contributed by atoms with Crippen LogP contribution in [0.1, 0.15) is 7.43 Å². The van der Waals surface area contributed by atoms with Crippen LogP contribution < -0.4 is 0 Å². The van der Waals surface area contributed by atoms with Crippen LogP contribution >= 0.6 is 0 Å². The molecule has 13 heavy (non-hydrogen) atoms. The van der Waals surface area contributed by atoms with Gasteiger partial charge in [-0.05, 0) is 0 Å². The van der Waals surface area contributed by atoms with Gasteiger partial charge >= 0.3 is 6.03 Å². The monoisotopic (exact) mass is 178 g/mol. The average molecular weight is 178 g/mol. The first-order valence-electron chi connectivity index (χ1n) is 3.38. The van der Waals surface area contributed by atoms with Gasteiger partial charge < -0.3 is 0 Å². The predicted molar refractivity (Wildman–Crippen MR) is 47.4 cm³/mol. The molecular formula is C8H10N4O. The van der Waals surface area contributed by atoms with Crippen molar-refractivity contribution in [2.24, 2.45) is 0 Å². The van der Waals surface area contributed by atoms with Crippen molar-refractivity contribution in [1.82, 2.24) is 19.1 Å². The van der Waals surface area contributed by atoms with E-state index in [9.17, 15) is 4.79 Å². The van der Waals surface area contributed by atoms with Crippen molar-refractivity contribution in [3.8, 4) is 0 Å². The van der Waals surface area contributed by atoms with Gasteiger partial charge in [0, 0.05) is 24.8 Å². The van der Waals surface area contributed by atoms with E-state index in [1.165, 1.54) is 21.8 Å². The Bertz CT molecular complexity index is 327. The highest BCUT2D eigenvalue weighted by atomic mass is 16.2. The molecular weight excluding hydrogens is 168 g/mol. The Balaban J connectivity index is 0.000000845. The van der Waals surface area contributed by atoms with Gasteiger partial charge in [0.1, 0.15) is 12.7 Å². The fraction of sp³-hybridized carbons (Fsp3) is 0.125. The second-order valence-corrected chi connectivity index (χ2v) is 2.22. The van der Waals surface area contributed by atoms with Gasteiger partial charge in [0.2, 0.25) is 0 Å². The normalized spacial score (nSPS) is 9.23. The topological polar surface area (TPSA) is 52.7 Å². The van der Waals surface area contributed by atoms with E-state index in [-0.39, 0.29) is 13.5 Å². The number of aromatic nitrogens is 4. The van der Waals surface area contributed by atoms with Gasteiger partial charge in [-0.25, -0.2) is 14.8 Å². The van der Waals surface area contributed by atoms with Crippen LogP contribution in [0.5, 0.6) is 0 Å². The summed E-state index contributed by atoms with van der Waals surface area (Å²) in [5, 5.41) is 0. The quantitative estimate of drug-likeness (QED) is 0.609. The van der Waals surface area contributed by atoms with Gasteiger partial charge in [-0.15, -0.1) is 0 Å². The zero-order valence-electron chi connectivity index (χ0n) is 6.16. The SMILES string of the molecule is C.O=C(n1ccnc1)n1ccnc1. The van der Waals surface area contributed by atoms with Crippen molar-refractivity contribution in [3.63, 3.8) is 0 Å². The summed E-state index contributed by atoms with van der Waals surface area (Å²) in [7, 11) is 0. The van der Waals surface area contributed by atoms with E-state index in [0.717, 1.165) is 0 Å². The number of carbonyl (C=O) groups is 1. The molecule has 0 unspecified atom stereocenters. The van der Waals surface area contributed by atoms with E-state index in [2.05, 4.69) is 9.97 Å². The van der Waals surface area contributed by atoms with Crippen molar-refractivity contribution >= 4 is 6.03 Å². The Hall–Kier alpha value is -1.91. The summed E-state index contributed by atoms with van der Waals surface area (Å²) in [5.41, 5.74) is 0. The number of imidazole rings is 2. The summed E-state index contributed by atoms with van der Waals surface area (Å²) in [6.07, 6.45) is 9.17. The Morgan fingerprint density at radius 1 is 1.00 bits per heavy atom. The number of carbonyl (C=O) groups excluding carboxylic acids is 1. The molecule has 68 valence electrons. The van der Waals surface area contributed by atoms with Crippen LogP contribution in [-0.2, 0) is 0 Å². The molecule has 2 heterocycles. The van der Waals surface area contributed by atoms with E-state index < -0.39 is 0 Å². The van der Waals surface area contributed by atoms with Crippen LogP contribution in [-0.4, -0.2) is 25.1 Å². The first-order valence-corrected chi connectivity index (χ1v) is 3.38. The molecule has 2 rings (SSSR count). The maximum atomic E-state index is 11.4. The van der Waals surface area contributed by atoms with Crippen molar-refractivity contribution in [2.45, 2.75) is 7.43 Å². The summed E-state index contributed by atoms with van der Waals surface area (Å²) in [6, 6.07) is -0.190.